The normalized spacial score (nSPS) is 15.2. The highest BCUT2D eigenvalue weighted by molar-refractivity contribution is 5.75. The molecule has 0 saturated carbocycles. The van der Waals surface area contributed by atoms with Gasteiger partial charge in [-0.25, -0.2) is 4.79 Å². The smallest absolute Gasteiger partial charge is 0.362 e. The third kappa shape index (κ3) is 5.48. The molecule has 0 aliphatic carbocycles. The summed E-state index contributed by atoms with van der Waals surface area (Å²) in [4.78, 5) is 36.5. The van der Waals surface area contributed by atoms with E-state index in [0.29, 0.717) is 11.6 Å². The van der Waals surface area contributed by atoms with E-state index in [-0.39, 0.29) is 37.6 Å². The van der Waals surface area contributed by atoms with Crippen LogP contribution < -0.4 is 10.2 Å². The van der Waals surface area contributed by atoms with Crippen LogP contribution in [0.1, 0.15) is 24.1 Å². The molecule has 10 nitrogen and oxygen atoms in total. The van der Waals surface area contributed by atoms with Gasteiger partial charge in [0.15, 0.2) is 0 Å². The van der Waals surface area contributed by atoms with E-state index in [1.165, 1.54) is 23.1 Å². The van der Waals surface area contributed by atoms with E-state index in [1.54, 1.807) is 17.9 Å². The first-order valence-corrected chi connectivity index (χ1v) is 9.87. The van der Waals surface area contributed by atoms with Crippen LogP contribution in [0.4, 0.5) is 35.0 Å². The Balaban J connectivity index is 1.65. The summed E-state index contributed by atoms with van der Waals surface area (Å²) in [6, 6.07) is 7.33. The van der Waals surface area contributed by atoms with Crippen LogP contribution in [0.2, 0.25) is 0 Å². The number of nitro benzene ring substituents is 2. The predicted molar refractivity (Wildman–Crippen MR) is 112 cm³/mol. The predicted octanol–water partition coefficient (Wildman–Crippen LogP) is 4.11. The number of piperazine rings is 1. The second kappa shape index (κ2) is 9.30. The molecule has 2 aromatic carbocycles. The van der Waals surface area contributed by atoms with Gasteiger partial charge in [0, 0.05) is 44.4 Å². The van der Waals surface area contributed by atoms with Gasteiger partial charge in [-0.15, -0.1) is 0 Å². The van der Waals surface area contributed by atoms with Gasteiger partial charge in [-0.1, -0.05) is 12.1 Å². The van der Waals surface area contributed by atoms with Crippen molar-refractivity contribution in [2.75, 3.05) is 31.1 Å². The average Bonchev–Trinajstić information content (AvgIpc) is 2.78. The molecule has 0 aromatic heterocycles. The van der Waals surface area contributed by atoms with E-state index < -0.39 is 39.3 Å². The third-order valence-corrected chi connectivity index (χ3v) is 5.33. The number of hydrogen-bond acceptors (Lipinski definition) is 6. The number of non-ortho nitro benzene ring substituents is 1. The summed E-state index contributed by atoms with van der Waals surface area (Å²) in [5.74, 6) is 0. The summed E-state index contributed by atoms with van der Waals surface area (Å²) in [7, 11) is 0. The van der Waals surface area contributed by atoms with Crippen LogP contribution >= 0.6 is 0 Å². The van der Waals surface area contributed by atoms with E-state index in [2.05, 4.69) is 5.32 Å². The summed E-state index contributed by atoms with van der Waals surface area (Å²) < 4.78 is 38.7. The molecule has 13 heteroatoms. The standard InChI is InChI=1S/C20H20F3N5O5/c1-13(14-3-2-4-16(11-14)27(30)31)24-19(29)26-9-7-25(8-10-26)17-6-5-15(20(21,22)23)12-18(17)28(32)33/h2-6,11-13H,7-10H2,1H3,(H,24,29). The number of amides is 2. The number of rotatable bonds is 5. The molecule has 0 bridgehead atoms. The van der Waals surface area contributed by atoms with Crippen LogP contribution in [-0.2, 0) is 6.18 Å². The number of nitrogens with zero attached hydrogens (tertiary/aromatic N) is 4. The minimum atomic E-state index is -4.70. The second-order valence-electron chi connectivity index (χ2n) is 7.46. The van der Waals surface area contributed by atoms with Crippen LogP contribution in [0.3, 0.4) is 0 Å². The second-order valence-corrected chi connectivity index (χ2v) is 7.46. The summed E-state index contributed by atoms with van der Waals surface area (Å²) in [5, 5.41) is 25.0. The highest BCUT2D eigenvalue weighted by atomic mass is 19.4. The maximum Gasteiger partial charge on any atom is 0.416 e. The van der Waals surface area contributed by atoms with Gasteiger partial charge in [0.1, 0.15) is 5.69 Å². The van der Waals surface area contributed by atoms with Crippen LogP contribution in [-0.4, -0.2) is 47.0 Å². The van der Waals surface area contributed by atoms with Crippen LogP contribution in [0.5, 0.6) is 0 Å². The van der Waals surface area contributed by atoms with Gasteiger partial charge in [-0.05, 0) is 24.6 Å². The molecule has 1 fully saturated rings. The SMILES string of the molecule is CC(NC(=O)N1CCN(c2ccc(C(F)(F)F)cc2[N+](=O)[O-])CC1)c1cccc([N+](=O)[O-])c1. The molecule has 0 spiro atoms. The molecular weight excluding hydrogens is 447 g/mol. The minimum absolute atomic E-state index is 0.0537. The maximum atomic E-state index is 12.9. The van der Waals surface area contributed by atoms with Gasteiger partial charge in [-0.2, -0.15) is 13.2 Å². The number of carbonyl (C=O) groups is 1. The van der Waals surface area contributed by atoms with E-state index in [0.717, 1.165) is 12.1 Å². The van der Waals surface area contributed by atoms with Gasteiger partial charge < -0.3 is 15.1 Å². The van der Waals surface area contributed by atoms with Crippen LogP contribution in [0.25, 0.3) is 0 Å². The lowest BCUT2D eigenvalue weighted by Gasteiger charge is -2.36. The maximum absolute atomic E-state index is 12.9. The highest BCUT2D eigenvalue weighted by Gasteiger charge is 2.34. The first-order valence-electron chi connectivity index (χ1n) is 9.87. The Bertz CT molecular complexity index is 1070. The molecule has 1 aliphatic heterocycles. The number of nitro groups is 2. The van der Waals surface area contributed by atoms with Crippen molar-refractivity contribution in [1.29, 1.82) is 0 Å². The number of hydrogen-bond donors (Lipinski definition) is 1. The molecule has 1 heterocycles. The van der Waals surface area contributed by atoms with E-state index >= 15 is 0 Å². The Hall–Kier alpha value is -3.90. The van der Waals surface area contributed by atoms with Crippen molar-refractivity contribution in [1.82, 2.24) is 10.2 Å². The van der Waals surface area contributed by atoms with Crippen molar-refractivity contribution in [3.8, 4) is 0 Å². The van der Waals surface area contributed by atoms with Crippen LogP contribution in [0, 0.1) is 20.2 Å². The number of benzene rings is 2. The molecule has 1 atom stereocenters. The lowest BCUT2D eigenvalue weighted by atomic mass is 10.1. The molecule has 33 heavy (non-hydrogen) atoms. The number of carbonyl (C=O) groups excluding carboxylic acids is 1. The lowest BCUT2D eigenvalue weighted by Crippen LogP contribution is -2.52. The van der Waals surface area contributed by atoms with Crippen molar-refractivity contribution >= 4 is 23.1 Å². The number of nitrogens with one attached hydrogen (secondary N) is 1. The fourth-order valence-electron chi connectivity index (χ4n) is 3.53. The van der Waals surface area contributed by atoms with Gasteiger partial charge in [0.05, 0.1) is 21.5 Å². The van der Waals surface area contributed by atoms with Crippen molar-refractivity contribution in [3.63, 3.8) is 0 Å². The van der Waals surface area contributed by atoms with Crippen LogP contribution in [0.15, 0.2) is 42.5 Å². The molecule has 1 N–H and O–H groups in total. The lowest BCUT2D eigenvalue weighted by molar-refractivity contribution is -0.385. The van der Waals surface area contributed by atoms with E-state index in [9.17, 15) is 38.2 Å². The van der Waals surface area contributed by atoms with Gasteiger partial charge in [-0.3, -0.25) is 20.2 Å². The summed E-state index contributed by atoms with van der Waals surface area (Å²) in [6.45, 7) is 2.42. The molecule has 0 radical (unpaired) electrons. The van der Waals surface area contributed by atoms with Crippen molar-refractivity contribution in [3.05, 3.63) is 73.8 Å². The Morgan fingerprint density at radius 2 is 1.70 bits per heavy atom. The molecule has 2 amide bonds. The summed E-state index contributed by atoms with van der Waals surface area (Å²) >= 11 is 0. The van der Waals surface area contributed by atoms with Crippen molar-refractivity contribution in [2.24, 2.45) is 0 Å². The van der Waals surface area contributed by atoms with E-state index in [1.807, 2.05) is 0 Å². The molecule has 3 rings (SSSR count). The molecule has 1 saturated heterocycles. The summed E-state index contributed by atoms with van der Waals surface area (Å²) in [5.41, 5.74) is -1.25. The minimum Gasteiger partial charge on any atom is -0.362 e. The fourth-order valence-corrected chi connectivity index (χ4v) is 3.53. The van der Waals surface area contributed by atoms with Crippen molar-refractivity contribution < 1.29 is 27.8 Å². The van der Waals surface area contributed by atoms with Gasteiger partial charge >= 0.3 is 12.2 Å². The first kappa shape index (κ1) is 23.8. The molecule has 1 unspecified atom stereocenters. The number of alkyl halides is 3. The quantitative estimate of drug-likeness (QED) is 0.522. The Morgan fingerprint density at radius 3 is 2.27 bits per heavy atom. The number of anilines is 1. The van der Waals surface area contributed by atoms with E-state index in [4.69, 9.17) is 0 Å². The molecule has 176 valence electrons. The average molecular weight is 467 g/mol. The monoisotopic (exact) mass is 467 g/mol. The zero-order chi connectivity index (χ0) is 24.3. The zero-order valence-corrected chi connectivity index (χ0v) is 17.4. The fraction of sp³-hybridized carbons (Fsp3) is 0.350. The number of halogens is 3. The first-order chi connectivity index (χ1) is 15.5. The number of urea groups is 1. The zero-order valence-electron chi connectivity index (χ0n) is 17.4. The van der Waals surface area contributed by atoms with Gasteiger partial charge in [0.2, 0.25) is 0 Å². The summed E-state index contributed by atoms with van der Waals surface area (Å²) in [6.07, 6.45) is -4.70. The molecule has 2 aromatic rings. The van der Waals surface area contributed by atoms with Crippen molar-refractivity contribution in [2.45, 2.75) is 19.1 Å². The molecular formula is C20H20F3N5O5. The Labute approximate surface area is 185 Å². The highest BCUT2D eigenvalue weighted by Crippen LogP contribution is 2.36. The molecule has 1 aliphatic rings. The topological polar surface area (TPSA) is 122 Å². The Kier molecular flexibility index (Phi) is 6.70. The largest absolute Gasteiger partial charge is 0.416 e. The van der Waals surface area contributed by atoms with Gasteiger partial charge in [0.25, 0.3) is 11.4 Å². The Morgan fingerprint density at radius 1 is 1.03 bits per heavy atom. The third-order valence-electron chi connectivity index (χ3n) is 5.33.